The molecule has 0 unspecified atom stereocenters. The Hall–Kier alpha value is -2.10. The molecule has 0 radical (unpaired) electrons. The number of halogens is 1. The first kappa shape index (κ1) is 22.9. The molecule has 0 saturated heterocycles. The summed E-state index contributed by atoms with van der Waals surface area (Å²) in [5.41, 5.74) is 3.93. The molecule has 1 aromatic heterocycles. The van der Waals surface area contributed by atoms with Crippen LogP contribution in [0.4, 0.5) is 0 Å². The van der Waals surface area contributed by atoms with Gasteiger partial charge in [-0.05, 0) is 32.9 Å². The average molecular weight is 484 g/mol. The Kier molecular flexibility index (Phi) is 9.84. The molecule has 0 aliphatic heterocycles. The van der Waals surface area contributed by atoms with Crippen LogP contribution in [0.5, 0.6) is 0 Å². The number of rotatable bonds is 7. The van der Waals surface area contributed by atoms with Crippen molar-refractivity contribution in [3.63, 3.8) is 0 Å². The second kappa shape index (κ2) is 11.6. The fourth-order valence-corrected chi connectivity index (χ4v) is 2.59. The fourth-order valence-electron chi connectivity index (χ4n) is 2.59. The normalized spacial score (nSPS) is 10.9. The first-order chi connectivity index (χ1) is 12.5. The number of carbonyl (C=O) groups excluding carboxylic acids is 1. The number of nitrogens with one attached hydrogen (secondary N) is 3. The van der Waals surface area contributed by atoms with E-state index in [2.05, 4.69) is 26.0 Å². The van der Waals surface area contributed by atoms with Crippen molar-refractivity contribution in [1.29, 1.82) is 0 Å². The van der Waals surface area contributed by atoms with Gasteiger partial charge in [0.25, 0.3) is 5.91 Å². The molecule has 148 valence electrons. The van der Waals surface area contributed by atoms with Crippen LogP contribution in [0.1, 0.15) is 34.2 Å². The minimum atomic E-state index is -0.0732. The summed E-state index contributed by atoms with van der Waals surface area (Å²) < 4.78 is 1.87. The van der Waals surface area contributed by atoms with Gasteiger partial charge >= 0.3 is 0 Å². The molecular weight excluding hydrogens is 455 g/mol. The third-order valence-corrected chi connectivity index (χ3v) is 4.14. The van der Waals surface area contributed by atoms with Crippen LogP contribution >= 0.6 is 24.0 Å². The molecule has 2 aromatic rings. The van der Waals surface area contributed by atoms with Gasteiger partial charge in [0.1, 0.15) is 0 Å². The van der Waals surface area contributed by atoms with Crippen LogP contribution in [0.3, 0.4) is 0 Å². The predicted octanol–water partition coefficient (Wildman–Crippen LogP) is 2.14. The maximum absolute atomic E-state index is 12.0. The van der Waals surface area contributed by atoms with Crippen LogP contribution in [0.2, 0.25) is 0 Å². The van der Waals surface area contributed by atoms with Gasteiger partial charge in [-0.25, -0.2) is 4.99 Å². The van der Waals surface area contributed by atoms with Gasteiger partial charge in [-0.2, -0.15) is 5.10 Å². The van der Waals surface area contributed by atoms with E-state index >= 15 is 0 Å². The van der Waals surface area contributed by atoms with Crippen molar-refractivity contribution in [3.8, 4) is 0 Å². The Bertz CT molecular complexity index is 757. The van der Waals surface area contributed by atoms with Crippen LogP contribution in [-0.2, 0) is 13.6 Å². The Morgan fingerprint density at radius 2 is 1.78 bits per heavy atom. The van der Waals surface area contributed by atoms with E-state index in [0.29, 0.717) is 25.2 Å². The first-order valence-corrected chi connectivity index (χ1v) is 8.87. The monoisotopic (exact) mass is 484 g/mol. The molecule has 2 rings (SSSR count). The zero-order valence-electron chi connectivity index (χ0n) is 16.4. The van der Waals surface area contributed by atoms with Crippen molar-refractivity contribution in [2.75, 3.05) is 19.6 Å². The van der Waals surface area contributed by atoms with Crippen LogP contribution < -0.4 is 16.0 Å². The second-order valence-electron chi connectivity index (χ2n) is 6.02. The SMILES string of the molecule is CCNC(=NCc1c(C)nn(C)c1C)NCCNC(=O)c1ccccc1.I. The van der Waals surface area contributed by atoms with Gasteiger partial charge in [0.15, 0.2) is 5.96 Å². The molecule has 8 heteroatoms. The molecule has 1 aromatic carbocycles. The van der Waals surface area contributed by atoms with Crippen molar-refractivity contribution in [2.45, 2.75) is 27.3 Å². The lowest BCUT2D eigenvalue weighted by atomic mass is 10.2. The topological polar surface area (TPSA) is 83.3 Å². The molecule has 7 nitrogen and oxygen atoms in total. The number of aromatic nitrogens is 2. The largest absolute Gasteiger partial charge is 0.357 e. The summed E-state index contributed by atoms with van der Waals surface area (Å²) in [5, 5.41) is 13.8. The van der Waals surface area contributed by atoms with Gasteiger partial charge in [0, 0.05) is 43.5 Å². The molecule has 3 N–H and O–H groups in total. The molecule has 0 aliphatic rings. The average Bonchev–Trinajstić information content (AvgIpc) is 2.89. The maximum atomic E-state index is 12.0. The van der Waals surface area contributed by atoms with Gasteiger partial charge in [-0.15, -0.1) is 24.0 Å². The van der Waals surface area contributed by atoms with Crippen molar-refractivity contribution in [3.05, 3.63) is 52.8 Å². The van der Waals surface area contributed by atoms with Crippen LogP contribution in [-0.4, -0.2) is 41.3 Å². The molecule has 27 heavy (non-hydrogen) atoms. The van der Waals surface area contributed by atoms with Crippen molar-refractivity contribution in [1.82, 2.24) is 25.7 Å². The van der Waals surface area contributed by atoms with Crippen LogP contribution in [0.15, 0.2) is 35.3 Å². The lowest BCUT2D eigenvalue weighted by Gasteiger charge is -2.12. The minimum Gasteiger partial charge on any atom is -0.357 e. The van der Waals surface area contributed by atoms with Gasteiger partial charge in [-0.1, -0.05) is 18.2 Å². The summed E-state index contributed by atoms with van der Waals surface area (Å²) in [7, 11) is 1.94. The van der Waals surface area contributed by atoms with Gasteiger partial charge in [0.2, 0.25) is 0 Å². The van der Waals surface area contributed by atoms with Gasteiger partial charge < -0.3 is 16.0 Å². The lowest BCUT2D eigenvalue weighted by molar-refractivity contribution is 0.0954. The van der Waals surface area contributed by atoms with Gasteiger partial charge in [0.05, 0.1) is 12.2 Å². The third kappa shape index (κ3) is 6.85. The highest BCUT2D eigenvalue weighted by Gasteiger charge is 2.09. The number of guanidine groups is 1. The van der Waals surface area contributed by atoms with E-state index in [9.17, 15) is 4.79 Å². The Labute approximate surface area is 178 Å². The summed E-state index contributed by atoms with van der Waals surface area (Å²) in [5.74, 6) is 0.653. The molecule has 0 spiro atoms. The van der Waals surface area contributed by atoms with Gasteiger partial charge in [-0.3, -0.25) is 9.48 Å². The molecule has 0 fully saturated rings. The maximum Gasteiger partial charge on any atom is 0.251 e. The smallest absolute Gasteiger partial charge is 0.251 e. The highest BCUT2D eigenvalue weighted by molar-refractivity contribution is 14.0. The van der Waals surface area contributed by atoms with Crippen molar-refractivity contribution >= 4 is 35.8 Å². The molecule has 0 bridgehead atoms. The first-order valence-electron chi connectivity index (χ1n) is 8.87. The highest BCUT2D eigenvalue weighted by atomic mass is 127. The van der Waals surface area contributed by atoms with Crippen molar-refractivity contribution < 1.29 is 4.79 Å². The fraction of sp³-hybridized carbons (Fsp3) is 0.421. The minimum absolute atomic E-state index is 0. The molecule has 1 amide bonds. The number of nitrogens with zero attached hydrogens (tertiary/aromatic N) is 3. The molecule has 1 heterocycles. The van der Waals surface area contributed by atoms with Crippen LogP contribution in [0, 0.1) is 13.8 Å². The number of amides is 1. The lowest BCUT2D eigenvalue weighted by Crippen LogP contribution is -2.41. The van der Waals surface area contributed by atoms with E-state index in [1.807, 2.05) is 50.7 Å². The van der Waals surface area contributed by atoms with E-state index in [1.165, 1.54) is 0 Å². The number of aliphatic imine (C=N–C) groups is 1. The number of aryl methyl sites for hydroxylation is 2. The summed E-state index contributed by atoms with van der Waals surface area (Å²) in [6.07, 6.45) is 0. The Morgan fingerprint density at radius 3 is 2.37 bits per heavy atom. The molecule has 0 aliphatic carbocycles. The van der Waals surface area contributed by atoms with Crippen molar-refractivity contribution in [2.24, 2.45) is 12.0 Å². The summed E-state index contributed by atoms with van der Waals surface area (Å²) in [4.78, 5) is 16.6. The molecule has 0 atom stereocenters. The Morgan fingerprint density at radius 1 is 1.11 bits per heavy atom. The zero-order chi connectivity index (χ0) is 18.9. The van der Waals surface area contributed by atoms with E-state index in [0.717, 1.165) is 29.5 Å². The standard InChI is InChI=1S/C19H28N6O.HI/c1-5-20-19(23-13-17-14(2)24-25(4)15(17)3)22-12-11-21-18(26)16-9-7-6-8-10-16;/h6-10H,5,11-13H2,1-4H3,(H,21,26)(H2,20,22,23);1H. The van der Waals surface area contributed by atoms with E-state index in [1.54, 1.807) is 12.1 Å². The second-order valence-corrected chi connectivity index (χ2v) is 6.02. The quantitative estimate of drug-likeness (QED) is 0.244. The summed E-state index contributed by atoms with van der Waals surface area (Å²) in [6.45, 7) is 8.51. The summed E-state index contributed by atoms with van der Waals surface area (Å²) >= 11 is 0. The van der Waals surface area contributed by atoms with E-state index in [4.69, 9.17) is 0 Å². The number of carbonyl (C=O) groups is 1. The predicted molar refractivity (Wildman–Crippen MR) is 120 cm³/mol. The number of benzene rings is 1. The zero-order valence-corrected chi connectivity index (χ0v) is 18.7. The Balaban J connectivity index is 0.00000364. The highest BCUT2D eigenvalue weighted by Crippen LogP contribution is 2.12. The van der Waals surface area contributed by atoms with E-state index < -0.39 is 0 Å². The molecular formula is C19H29IN6O. The van der Waals surface area contributed by atoms with Crippen LogP contribution in [0.25, 0.3) is 0 Å². The van der Waals surface area contributed by atoms with E-state index in [-0.39, 0.29) is 29.9 Å². The molecule has 0 saturated carbocycles. The third-order valence-electron chi connectivity index (χ3n) is 4.14. The summed E-state index contributed by atoms with van der Waals surface area (Å²) in [6, 6.07) is 9.19. The number of hydrogen-bond acceptors (Lipinski definition) is 3. The number of hydrogen-bond donors (Lipinski definition) is 3.